The summed E-state index contributed by atoms with van der Waals surface area (Å²) in [5.74, 6) is -2.40. The fourth-order valence-electron chi connectivity index (χ4n) is 2.51. The number of amides is 2. The smallest absolute Gasteiger partial charge is 0.444 e. The van der Waals surface area contributed by atoms with Gasteiger partial charge < -0.3 is 20.1 Å². The van der Waals surface area contributed by atoms with Gasteiger partial charge in [0.05, 0.1) is 5.60 Å². The minimum Gasteiger partial charge on any atom is -0.444 e. The summed E-state index contributed by atoms with van der Waals surface area (Å²) in [5.41, 5.74) is -2.10. The molecule has 1 heterocycles. The lowest BCUT2D eigenvalue weighted by molar-refractivity contribution is -0.175. The topological polar surface area (TPSA) is 78.9 Å². The van der Waals surface area contributed by atoms with E-state index in [1.54, 1.807) is 26.1 Å². The molecule has 1 saturated heterocycles. The predicted octanol–water partition coefficient (Wildman–Crippen LogP) is 2.06. The third-order valence-corrected chi connectivity index (χ3v) is 3.89. The highest BCUT2D eigenvalue weighted by atomic mass is 19.4. The summed E-state index contributed by atoms with van der Waals surface area (Å²) >= 11 is 0. The number of aliphatic hydroxyl groups is 1. The highest BCUT2D eigenvalue weighted by Crippen LogP contribution is 2.29. The van der Waals surface area contributed by atoms with Gasteiger partial charge in [-0.25, -0.2) is 4.79 Å². The normalized spacial score (nSPS) is 19.6. The van der Waals surface area contributed by atoms with Crippen molar-refractivity contribution in [3.05, 3.63) is 0 Å². The van der Waals surface area contributed by atoms with Crippen molar-refractivity contribution in [2.45, 2.75) is 57.9 Å². The number of carbonyl (C=O) groups is 2. The minimum absolute atomic E-state index is 0.329. The van der Waals surface area contributed by atoms with E-state index in [9.17, 15) is 27.9 Å². The van der Waals surface area contributed by atoms with E-state index >= 15 is 0 Å². The Hall–Kier alpha value is -1.51. The summed E-state index contributed by atoms with van der Waals surface area (Å²) in [6.07, 6.45) is -4.61. The molecule has 1 rings (SSSR count). The highest BCUT2D eigenvalue weighted by Gasteiger charge is 2.41. The van der Waals surface area contributed by atoms with E-state index in [1.807, 2.05) is 0 Å². The number of ether oxygens (including phenoxy) is 1. The Labute approximate surface area is 139 Å². The van der Waals surface area contributed by atoms with Crippen LogP contribution in [0, 0.1) is 5.92 Å². The first-order valence-electron chi connectivity index (χ1n) is 7.78. The molecule has 0 radical (unpaired) electrons. The molecule has 1 aliphatic rings. The van der Waals surface area contributed by atoms with Crippen LogP contribution in [0.3, 0.4) is 0 Å². The number of nitrogens with one attached hydrogen (secondary N) is 1. The number of likely N-dealkylation sites (tertiary alicyclic amines) is 1. The van der Waals surface area contributed by atoms with Gasteiger partial charge in [-0.05, 0) is 46.5 Å². The van der Waals surface area contributed by atoms with E-state index in [-0.39, 0.29) is 5.92 Å². The van der Waals surface area contributed by atoms with Crippen LogP contribution in [0.4, 0.5) is 18.0 Å². The number of rotatable bonds is 3. The van der Waals surface area contributed by atoms with Crippen LogP contribution in [-0.4, -0.2) is 59.0 Å². The van der Waals surface area contributed by atoms with Crippen LogP contribution in [0.1, 0.15) is 40.5 Å². The number of hydrogen-bond donors (Lipinski definition) is 2. The summed E-state index contributed by atoms with van der Waals surface area (Å²) in [6, 6.07) is 0. The zero-order valence-corrected chi connectivity index (χ0v) is 14.4. The fraction of sp³-hybridized carbons (Fsp3) is 0.867. The van der Waals surface area contributed by atoms with Crippen molar-refractivity contribution >= 4 is 12.0 Å². The number of halogens is 3. The van der Waals surface area contributed by atoms with Gasteiger partial charge in [0.15, 0.2) is 0 Å². The van der Waals surface area contributed by atoms with Crippen molar-refractivity contribution in [3.8, 4) is 0 Å². The zero-order chi connectivity index (χ0) is 18.8. The SMILES string of the molecule is CC(C)(C)OC(=O)N1CCC(C(C)(O)CNC(=O)C(F)(F)F)CC1. The van der Waals surface area contributed by atoms with Crippen LogP contribution in [0.15, 0.2) is 0 Å². The van der Waals surface area contributed by atoms with Gasteiger partial charge in [0.2, 0.25) is 0 Å². The molecule has 0 aromatic rings. The maximum Gasteiger partial charge on any atom is 0.471 e. The summed E-state index contributed by atoms with van der Waals surface area (Å²) in [4.78, 5) is 24.3. The molecular formula is C15H25F3N2O4. The molecule has 0 saturated carbocycles. The number of piperidine rings is 1. The third-order valence-electron chi connectivity index (χ3n) is 3.89. The molecule has 1 aliphatic heterocycles. The molecule has 2 amide bonds. The van der Waals surface area contributed by atoms with E-state index in [0.717, 1.165) is 0 Å². The Balaban J connectivity index is 2.51. The van der Waals surface area contributed by atoms with E-state index < -0.39 is 35.9 Å². The van der Waals surface area contributed by atoms with Gasteiger partial charge in [-0.2, -0.15) is 13.2 Å². The lowest BCUT2D eigenvalue weighted by Gasteiger charge is -2.39. The molecule has 24 heavy (non-hydrogen) atoms. The Morgan fingerprint density at radius 1 is 1.17 bits per heavy atom. The molecule has 0 spiro atoms. The quantitative estimate of drug-likeness (QED) is 0.813. The lowest BCUT2D eigenvalue weighted by atomic mass is 9.81. The Bertz CT molecular complexity index is 464. The van der Waals surface area contributed by atoms with Crippen LogP contribution < -0.4 is 5.32 Å². The first-order chi connectivity index (χ1) is 10.7. The van der Waals surface area contributed by atoms with Crippen molar-refractivity contribution in [1.29, 1.82) is 0 Å². The van der Waals surface area contributed by atoms with Gasteiger partial charge in [0.1, 0.15) is 5.60 Å². The molecule has 9 heteroatoms. The van der Waals surface area contributed by atoms with Crippen molar-refractivity contribution < 1.29 is 32.6 Å². The van der Waals surface area contributed by atoms with Gasteiger partial charge in [-0.3, -0.25) is 4.79 Å². The molecule has 140 valence electrons. The molecule has 6 nitrogen and oxygen atoms in total. The molecule has 1 atom stereocenters. The molecule has 2 N–H and O–H groups in total. The molecule has 0 bridgehead atoms. The monoisotopic (exact) mass is 354 g/mol. The highest BCUT2D eigenvalue weighted by molar-refractivity contribution is 5.81. The largest absolute Gasteiger partial charge is 0.471 e. The minimum atomic E-state index is -4.98. The predicted molar refractivity (Wildman–Crippen MR) is 80.2 cm³/mol. The molecule has 0 aromatic heterocycles. The summed E-state index contributed by atoms with van der Waals surface area (Å²) in [7, 11) is 0. The summed E-state index contributed by atoms with van der Waals surface area (Å²) in [6.45, 7) is 6.83. The van der Waals surface area contributed by atoms with Crippen molar-refractivity contribution in [3.63, 3.8) is 0 Å². The van der Waals surface area contributed by atoms with Crippen molar-refractivity contribution in [1.82, 2.24) is 10.2 Å². The first-order valence-corrected chi connectivity index (χ1v) is 7.78. The number of nitrogens with zero attached hydrogens (tertiary/aromatic N) is 1. The van der Waals surface area contributed by atoms with Crippen LogP contribution in [0.25, 0.3) is 0 Å². The van der Waals surface area contributed by atoms with Gasteiger partial charge in [-0.1, -0.05) is 0 Å². The molecule has 1 fully saturated rings. The summed E-state index contributed by atoms with van der Waals surface area (Å²) < 4.78 is 41.8. The average Bonchev–Trinajstić information content (AvgIpc) is 2.42. The average molecular weight is 354 g/mol. The standard InChI is InChI=1S/C15H25F3N2O4/c1-13(2,3)24-12(22)20-7-5-10(6-8-20)14(4,23)9-19-11(21)15(16,17)18/h10,23H,5-9H2,1-4H3,(H,19,21). The van der Waals surface area contributed by atoms with Crippen molar-refractivity contribution in [2.24, 2.45) is 5.92 Å². The summed E-state index contributed by atoms with van der Waals surface area (Å²) in [5, 5.41) is 12.1. The van der Waals surface area contributed by atoms with E-state index in [2.05, 4.69) is 0 Å². The van der Waals surface area contributed by atoms with Crippen LogP contribution in [-0.2, 0) is 9.53 Å². The van der Waals surface area contributed by atoms with Gasteiger partial charge >= 0.3 is 18.2 Å². The van der Waals surface area contributed by atoms with E-state index in [4.69, 9.17) is 4.74 Å². The molecular weight excluding hydrogens is 329 g/mol. The second-order valence-electron chi connectivity index (χ2n) is 7.28. The lowest BCUT2D eigenvalue weighted by Crippen LogP contribution is -2.52. The van der Waals surface area contributed by atoms with Crippen molar-refractivity contribution in [2.75, 3.05) is 19.6 Å². The van der Waals surface area contributed by atoms with Gasteiger partial charge in [0, 0.05) is 19.6 Å². The van der Waals surface area contributed by atoms with Crippen LogP contribution >= 0.6 is 0 Å². The number of hydrogen-bond acceptors (Lipinski definition) is 4. The zero-order valence-electron chi connectivity index (χ0n) is 14.4. The van der Waals surface area contributed by atoms with Crippen LogP contribution in [0.2, 0.25) is 0 Å². The molecule has 1 unspecified atom stereocenters. The maximum atomic E-state index is 12.2. The second kappa shape index (κ2) is 7.16. The van der Waals surface area contributed by atoms with Gasteiger partial charge in [0.25, 0.3) is 0 Å². The maximum absolute atomic E-state index is 12.2. The molecule has 0 aromatic carbocycles. The Morgan fingerprint density at radius 3 is 2.08 bits per heavy atom. The van der Waals surface area contributed by atoms with E-state index in [0.29, 0.717) is 25.9 Å². The Morgan fingerprint density at radius 2 is 1.67 bits per heavy atom. The molecule has 0 aliphatic carbocycles. The first kappa shape index (κ1) is 20.5. The van der Waals surface area contributed by atoms with Crippen LogP contribution in [0.5, 0.6) is 0 Å². The second-order valence-corrected chi connectivity index (χ2v) is 7.28. The number of alkyl halides is 3. The third kappa shape index (κ3) is 6.18. The van der Waals surface area contributed by atoms with Gasteiger partial charge in [-0.15, -0.1) is 0 Å². The Kier molecular flexibility index (Phi) is 6.13. The fourth-order valence-corrected chi connectivity index (χ4v) is 2.51. The number of carbonyl (C=O) groups excluding carboxylic acids is 2. The van der Waals surface area contributed by atoms with E-state index in [1.165, 1.54) is 11.8 Å².